The Morgan fingerprint density at radius 2 is 1.94 bits per heavy atom. The minimum absolute atomic E-state index is 0.0373. The monoisotopic (exact) mass is 259 g/mol. The lowest BCUT2D eigenvalue weighted by Crippen LogP contribution is -2.45. The number of hydrogen-bond acceptors (Lipinski definition) is 4. The van der Waals surface area contributed by atoms with Gasteiger partial charge >= 0.3 is 0 Å². The number of aliphatic hydroxyl groups is 2. The lowest BCUT2D eigenvalue weighted by molar-refractivity contribution is 0.0172. The van der Waals surface area contributed by atoms with Crippen molar-refractivity contribution in [2.24, 2.45) is 5.41 Å². The average Bonchev–Trinajstić information content (AvgIpc) is 2.37. The predicted octanol–water partition coefficient (Wildman–Crippen LogP) is 1.31. The number of nitrogens with one attached hydrogen (secondary N) is 1. The minimum Gasteiger partial charge on any atom is -0.396 e. The molecule has 0 spiro atoms. The molecule has 4 heteroatoms. The van der Waals surface area contributed by atoms with Gasteiger partial charge in [0.2, 0.25) is 0 Å². The van der Waals surface area contributed by atoms with Gasteiger partial charge in [-0.25, -0.2) is 0 Å². The highest BCUT2D eigenvalue weighted by atomic mass is 16.5. The van der Waals surface area contributed by atoms with E-state index in [1.54, 1.807) is 7.11 Å². The van der Waals surface area contributed by atoms with Crippen LogP contribution in [0, 0.1) is 5.41 Å². The van der Waals surface area contributed by atoms with E-state index in [1.165, 1.54) is 19.3 Å². The van der Waals surface area contributed by atoms with Crippen molar-refractivity contribution < 1.29 is 14.9 Å². The maximum Gasteiger partial charge on any atom is 0.0765 e. The summed E-state index contributed by atoms with van der Waals surface area (Å²) < 4.78 is 4.99. The Morgan fingerprint density at radius 3 is 2.50 bits per heavy atom. The zero-order valence-corrected chi connectivity index (χ0v) is 11.9. The van der Waals surface area contributed by atoms with Crippen molar-refractivity contribution in [1.29, 1.82) is 0 Å². The van der Waals surface area contributed by atoms with Gasteiger partial charge in [-0.3, -0.25) is 0 Å². The van der Waals surface area contributed by atoms with Gasteiger partial charge < -0.3 is 20.3 Å². The minimum atomic E-state index is -0.735. The van der Waals surface area contributed by atoms with E-state index in [9.17, 15) is 10.2 Å². The number of ether oxygens (including phenoxy) is 1. The van der Waals surface area contributed by atoms with Crippen LogP contribution < -0.4 is 5.32 Å². The van der Waals surface area contributed by atoms with Gasteiger partial charge in [0.25, 0.3) is 0 Å². The van der Waals surface area contributed by atoms with E-state index in [2.05, 4.69) is 5.32 Å². The van der Waals surface area contributed by atoms with Crippen LogP contribution in [0.3, 0.4) is 0 Å². The van der Waals surface area contributed by atoms with E-state index in [1.807, 2.05) is 6.92 Å². The van der Waals surface area contributed by atoms with Crippen molar-refractivity contribution >= 4 is 0 Å². The van der Waals surface area contributed by atoms with E-state index in [4.69, 9.17) is 4.74 Å². The molecule has 0 aromatic carbocycles. The molecule has 0 saturated heterocycles. The van der Waals surface area contributed by atoms with Crippen LogP contribution in [0.2, 0.25) is 0 Å². The van der Waals surface area contributed by atoms with Gasteiger partial charge in [0.1, 0.15) is 0 Å². The van der Waals surface area contributed by atoms with Crippen LogP contribution in [0.25, 0.3) is 0 Å². The molecule has 0 radical (unpaired) electrons. The molecule has 0 bridgehead atoms. The van der Waals surface area contributed by atoms with E-state index >= 15 is 0 Å². The van der Waals surface area contributed by atoms with Crippen molar-refractivity contribution in [2.45, 2.75) is 51.0 Å². The van der Waals surface area contributed by atoms with Crippen LogP contribution in [0.4, 0.5) is 0 Å². The van der Waals surface area contributed by atoms with E-state index in [0.717, 1.165) is 19.4 Å². The highest BCUT2D eigenvalue weighted by Gasteiger charge is 2.31. The SMILES string of the molecule is COCCC(C)(O)CNCC1(CO)CCCCC1. The summed E-state index contributed by atoms with van der Waals surface area (Å²) in [6.45, 7) is 4.00. The zero-order valence-electron chi connectivity index (χ0n) is 11.9. The zero-order chi connectivity index (χ0) is 13.5. The molecule has 0 aliphatic heterocycles. The molecule has 0 heterocycles. The average molecular weight is 259 g/mol. The van der Waals surface area contributed by atoms with Crippen molar-refractivity contribution in [1.82, 2.24) is 5.32 Å². The predicted molar refractivity (Wildman–Crippen MR) is 72.6 cm³/mol. The molecule has 4 nitrogen and oxygen atoms in total. The first-order chi connectivity index (χ1) is 8.54. The Hall–Kier alpha value is -0.160. The molecule has 1 fully saturated rings. The van der Waals surface area contributed by atoms with Crippen molar-refractivity contribution in [3.8, 4) is 0 Å². The maximum atomic E-state index is 10.1. The molecule has 1 saturated carbocycles. The molecule has 1 aliphatic carbocycles. The van der Waals surface area contributed by atoms with Gasteiger partial charge in [0.05, 0.1) is 5.60 Å². The summed E-state index contributed by atoms with van der Waals surface area (Å²) in [5, 5.41) is 23.0. The van der Waals surface area contributed by atoms with Gasteiger partial charge in [0.15, 0.2) is 0 Å². The summed E-state index contributed by atoms with van der Waals surface area (Å²) in [4.78, 5) is 0. The fourth-order valence-electron chi connectivity index (χ4n) is 2.70. The highest BCUT2D eigenvalue weighted by Crippen LogP contribution is 2.35. The van der Waals surface area contributed by atoms with Gasteiger partial charge in [-0.15, -0.1) is 0 Å². The third kappa shape index (κ3) is 5.22. The molecule has 1 aliphatic rings. The fourth-order valence-corrected chi connectivity index (χ4v) is 2.70. The second-order valence-electron chi connectivity index (χ2n) is 6.06. The van der Waals surface area contributed by atoms with Crippen LogP contribution in [0.15, 0.2) is 0 Å². The Morgan fingerprint density at radius 1 is 1.28 bits per heavy atom. The first-order valence-corrected chi connectivity index (χ1v) is 7.07. The Labute approximate surface area is 111 Å². The second kappa shape index (κ2) is 7.43. The molecule has 3 N–H and O–H groups in total. The topological polar surface area (TPSA) is 61.7 Å². The number of hydrogen-bond donors (Lipinski definition) is 3. The van der Waals surface area contributed by atoms with Crippen LogP contribution in [0.5, 0.6) is 0 Å². The summed E-state index contributed by atoms with van der Waals surface area (Å²) in [5.74, 6) is 0. The molecule has 18 heavy (non-hydrogen) atoms. The van der Waals surface area contributed by atoms with Crippen LogP contribution >= 0.6 is 0 Å². The van der Waals surface area contributed by atoms with Gasteiger partial charge in [-0.1, -0.05) is 19.3 Å². The van der Waals surface area contributed by atoms with E-state index in [-0.39, 0.29) is 12.0 Å². The molecular weight excluding hydrogens is 230 g/mol. The lowest BCUT2D eigenvalue weighted by atomic mass is 9.74. The largest absolute Gasteiger partial charge is 0.396 e. The van der Waals surface area contributed by atoms with E-state index < -0.39 is 5.60 Å². The van der Waals surface area contributed by atoms with E-state index in [0.29, 0.717) is 19.6 Å². The quantitative estimate of drug-likeness (QED) is 0.615. The molecule has 1 atom stereocenters. The third-order valence-electron chi connectivity index (χ3n) is 4.10. The van der Waals surface area contributed by atoms with Crippen molar-refractivity contribution in [2.75, 3.05) is 33.4 Å². The maximum absolute atomic E-state index is 10.1. The number of methoxy groups -OCH3 is 1. The summed E-state index contributed by atoms with van der Waals surface area (Å²) in [7, 11) is 1.65. The standard InChI is InChI=1S/C14H29NO3/c1-13(17,8-9-18-2)10-15-11-14(12-16)6-4-3-5-7-14/h15-17H,3-12H2,1-2H3. The second-order valence-corrected chi connectivity index (χ2v) is 6.06. The number of rotatable bonds is 8. The molecule has 0 aromatic rings. The normalized spacial score (nSPS) is 22.7. The van der Waals surface area contributed by atoms with Crippen LogP contribution in [0.1, 0.15) is 45.4 Å². The van der Waals surface area contributed by atoms with Gasteiger partial charge in [-0.2, -0.15) is 0 Å². The molecule has 0 aromatic heterocycles. The molecule has 108 valence electrons. The smallest absolute Gasteiger partial charge is 0.0765 e. The van der Waals surface area contributed by atoms with Crippen molar-refractivity contribution in [3.63, 3.8) is 0 Å². The van der Waals surface area contributed by atoms with Gasteiger partial charge in [-0.05, 0) is 19.8 Å². The third-order valence-corrected chi connectivity index (χ3v) is 4.10. The Bertz CT molecular complexity index is 225. The van der Waals surface area contributed by atoms with Crippen LogP contribution in [-0.2, 0) is 4.74 Å². The highest BCUT2D eigenvalue weighted by molar-refractivity contribution is 4.86. The van der Waals surface area contributed by atoms with Gasteiger partial charge in [0, 0.05) is 45.2 Å². The summed E-state index contributed by atoms with van der Waals surface area (Å²) in [5.41, 5.74) is -0.698. The first kappa shape index (κ1) is 15.9. The van der Waals surface area contributed by atoms with Crippen molar-refractivity contribution in [3.05, 3.63) is 0 Å². The summed E-state index contributed by atoms with van der Waals surface area (Å²) in [6.07, 6.45) is 6.52. The molecule has 0 amide bonds. The fraction of sp³-hybridized carbons (Fsp3) is 1.00. The molecular formula is C14H29NO3. The lowest BCUT2D eigenvalue weighted by Gasteiger charge is -2.36. The Kier molecular flexibility index (Phi) is 6.57. The Balaban J connectivity index is 2.30. The summed E-state index contributed by atoms with van der Waals surface area (Å²) >= 11 is 0. The first-order valence-electron chi connectivity index (χ1n) is 7.07. The molecule has 1 rings (SSSR count). The summed E-state index contributed by atoms with van der Waals surface area (Å²) in [6, 6.07) is 0. The van der Waals surface area contributed by atoms with Crippen LogP contribution in [-0.4, -0.2) is 49.2 Å². The number of aliphatic hydroxyl groups excluding tert-OH is 1. The molecule has 1 unspecified atom stereocenters.